The van der Waals surface area contributed by atoms with Crippen molar-refractivity contribution in [3.63, 3.8) is 0 Å². The van der Waals surface area contributed by atoms with Crippen LogP contribution in [-0.2, 0) is 19.1 Å². The van der Waals surface area contributed by atoms with Gasteiger partial charge in [-0.25, -0.2) is 9.69 Å². The van der Waals surface area contributed by atoms with Gasteiger partial charge in [0.1, 0.15) is 12.6 Å². The summed E-state index contributed by atoms with van der Waals surface area (Å²) in [5, 5.41) is 0. The Kier molecular flexibility index (Phi) is 5.93. The number of esters is 1. The highest BCUT2D eigenvalue weighted by Gasteiger charge is 2.28. The van der Waals surface area contributed by atoms with Crippen LogP contribution in [0.5, 0.6) is 0 Å². The first-order valence-electron chi connectivity index (χ1n) is 5.53. The molecule has 8 heteroatoms. The van der Waals surface area contributed by atoms with Crippen LogP contribution < -0.4 is 5.73 Å². The third kappa shape index (κ3) is 4.19. The average Bonchev–Trinajstić information content (AvgIpc) is 2.75. The van der Waals surface area contributed by atoms with Crippen LogP contribution in [0.4, 0.5) is 4.79 Å². The van der Waals surface area contributed by atoms with E-state index in [1.165, 1.54) is 11.8 Å². The lowest BCUT2D eigenvalue weighted by Gasteiger charge is -2.12. The van der Waals surface area contributed by atoms with Gasteiger partial charge in [-0.1, -0.05) is 0 Å². The van der Waals surface area contributed by atoms with E-state index in [0.717, 1.165) is 4.90 Å². The molecule has 102 valence electrons. The smallest absolute Gasteiger partial charge is 0.416 e. The second-order valence-corrected chi connectivity index (χ2v) is 4.56. The summed E-state index contributed by atoms with van der Waals surface area (Å²) in [5.41, 5.74) is 5.56. The van der Waals surface area contributed by atoms with Crippen molar-refractivity contribution in [1.82, 2.24) is 4.90 Å². The second kappa shape index (κ2) is 7.22. The predicted molar refractivity (Wildman–Crippen MR) is 65.0 cm³/mol. The van der Waals surface area contributed by atoms with E-state index in [4.69, 9.17) is 10.5 Å². The van der Waals surface area contributed by atoms with E-state index in [-0.39, 0.29) is 37.2 Å². The van der Waals surface area contributed by atoms with E-state index < -0.39 is 18.1 Å². The molecule has 0 radical (unpaired) electrons. The topological polar surface area (TPSA) is 98.9 Å². The fourth-order valence-corrected chi connectivity index (χ4v) is 2.13. The molecule has 1 unspecified atom stereocenters. The lowest BCUT2D eigenvalue weighted by Crippen LogP contribution is -2.36. The predicted octanol–water partition coefficient (Wildman–Crippen LogP) is -0.411. The first-order chi connectivity index (χ1) is 8.56. The number of carbonyl (C=O) groups excluding carboxylic acids is 3. The molecular formula is C10H16N2O5S. The van der Waals surface area contributed by atoms with Crippen LogP contribution in [-0.4, -0.2) is 60.2 Å². The van der Waals surface area contributed by atoms with E-state index in [0.29, 0.717) is 0 Å². The number of hydrogen-bond donors (Lipinski definition) is 1. The number of hydrogen-bond acceptors (Lipinski definition) is 7. The van der Waals surface area contributed by atoms with Crippen LogP contribution in [0, 0.1) is 0 Å². The highest BCUT2D eigenvalue weighted by atomic mass is 32.2. The standard InChI is InChI=1S/C10H16N2O5S/c1-2-16-9(14)7(11)5-18-6-8(13)12-3-4-17-10(12)15/h7H,2-6,11H2,1H3. The number of thioether (sulfide) groups is 1. The summed E-state index contributed by atoms with van der Waals surface area (Å²) in [6, 6.07) is -0.756. The first kappa shape index (κ1) is 14.8. The van der Waals surface area contributed by atoms with Crippen LogP contribution in [0.1, 0.15) is 6.92 Å². The van der Waals surface area contributed by atoms with Gasteiger partial charge in [0, 0.05) is 5.75 Å². The molecule has 7 nitrogen and oxygen atoms in total. The fraction of sp³-hybridized carbons (Fsp3) is 0.700. The zero-order valence-corrected chi connectivity index (χ0v) is 10.9. The van der Waals surface area contributed by atoms with E-state index in [1.54, 1.807) is 6.92 Å². The van der Waals surface area contributed by atoms with Crippen molar-refractivity contribution in [3.05, 3.63) is 0 Å². The molecule has 0 saturated carbocycles. The molecule has 0 spiro atoms. The minimum atomic E-state index is -0.756. The number of nitrogens with zero attached hydrogens (tertiary/aromatic N) is 1. The third-order valence-corrected chi connectivity index (χ3v) is 3.22. The molecule has 2 amide bonds. The van der Waals surface area contributed by atoms with Crippen molar-refractivity contribution in [1.29, 1.82) is 0 Å². The summed E-state index contributed by atoms with van der Waals surface area (Å²) in [5.74, 6) is -0.466. The molecule has 1 fully saturated rings. The minimum Gasteiger partial charge on any atom is -0.465 e. The molecule has 1 heterocycles. The summed E-state index contributed by atoms with van der Waals surface area (Å²) in [4.78, 5) is 34.9. The zero-order valence-electron chi connectivity index (χ0n) is 10.1. The van der Waals surface area contributed by atoms with Gasteiger partial charge >= 0.3 is 12.1 Å². The SMILES string of the molecule is CCOC(=O)C(N)CSCC(=O)N1CCOC1=O. The molecule has 0 aliphatic carbocycles. The Morgan fingerprint density at radius 2 is 2.33 bits per heavy atom. The van der Waals surface area contributed by atoms with Gasteiger partial charge in [-0.3, -0.25) is 9.59 Å². The number of nitrogens with two attached hydrogens (primary N) is 1. The molecule has 1 aliphatic rings. The molecule has 18 heavy (non-hydrogen) atoms. The van der Waals surface area contributed by atoms with Crippen molar-refractivity contribution in [2.45, 2.75) is 13.0 Å². The average molecular weight is 276 g/mol. The van der Waals surface area contributed by atoms with E-state index in [9.17, 15) is 14.4 Å². The number of rotatable bonds is 6. The first-order valence-corrected chi connectivity index (χ1v) is 6.68. The van der Waals surface area contributed by atoms with Crippen LogP contribution in [0.3, 0.4) is 0 Å². The molecule has 0 aromatic rings. The minimum absolute atomic E-state index is 0.0855. The Morgan fingerprint density at radius 1 is 1.61 bits per heavy atom. The van der Waals surface area contributed by atoms with E-state index >= 15 is 0 Å². The van der Waals surface area contributed by atoms with E-state index in [1.807, 2.05) is 0 Å². The molecule has 1 rings (SSSR count). The number of ether oxygens (including phenoxy) is 2. The van der Waals surface area contributed by atoms with Gasteiger partial charge in [-0.15, -0.1) is 11.8 Å². The van der Waals surface area contributed by atoms with E-state index in [2.05, 4.69) is 4.74 Å². The third-order valence-electron chi connectivity index (χ3n) is 2.17. The molecule has 1 aliphatic heterocycles. The zero-order chi connectivity index (χ0) is 13.5. The largest absolute Gasteiger partial charge is 0.465 e. The lowest BCUT2D eigenvalue weighted by atomic mass is 10.4. The van der Waals surface area contributed by atoms with Crippen molar-refractivity contribution in [2.75, 3.05) is 31.3 Å². The summed E-state index contributed by atoms with van der Waals surface area (Å²) in [6.45, 7) is 2.48. The lowest BCUT2D eigenvalue weighted by molar-refractivity contribution is -0.144. The van der Waals surface area contributed by atoms with Crippen molar-refractivity contribution >= 4 is 29.7 Å². The maximum atomic E-state index is 11.6. The molecule has 1 saturated heterocycles. The number of imide groups is 1. The van der Waals surface area contributed by atoms with Gasteiger partial charge in [0.25, 0.3) is 0 Å². The summed E-state index contributed by atoms with van der Waals surface area (Å²) in [7, 11) is 0. The van der Waals surface area contributed by atoms with Crippen molar-refractivity contribution in [2.24, 2.45) is 5.73 Å². The van der Waals surface area contributed by atoms with Crippen LogP contribution in [0.15, 0.2) is 0 Å². The highest BCUT2D eigenvalue weighted by molar-refractivity contribution is 8.00. The van der Waals surface area contributed by atoms with Gasteiger partial charge in [0.2, 0.25) is 5.91 Å². The molecule has 2 N–H and O–H groups in total. The summed E-state index contributed by atoms with van der Waals surface area (Å²) >= 11 is 1.19. The Hall–Kier alpha value is -1.28. The maximum absolute atomic E-state index is 11.6. The molecular weight excluding hydrogens is 260 g/mol. The number of amides is 2. The Labute approximate surface area is 109 Å². The van der Waals surface area contributed by atoms with Gasteiger partial charge in [-0.2, -0.15) is 0 Å². The van der Waals surface area contributed by atoms with Gasteiger partial charge in [0.15, 0.2) is 0 Å². The van der Waals surface area contributed by atoms with Crippen LogP contribution >= 0.6 is 11.8 Å². The monoisotopic (exact) mass is 276 g/mol. The summed E-state index contributed by atoms with van der Waals surface area (Å²) in [6.07, 6.45) is -0.615. The Bertz CT molecular complexity index is 336. The number of carbonyl (C=O) groups is 3. The highest BCUT2D eigenvalue weighted by Crippen LogP contribution is 2.09. The fourth-order valence-electron chi connectivity index (χ4n) is 1.29. The normalized spacial score (nSPS) is 16.3. The molecule has 0 bridgehead atoms. The molecule has 1 atom stereocenters. The van der Waals surface area contributed by atoms with Gasteiger partial charge < -0.3 is 15.2 Å². The quantitative estimate of drug-likeness (QED) is 0.658. The van der Waals surface area contributed by atoms with Gasteiger partial charge in [-0.05, 0) is 6.92 Å². The summed E-state index contributed by atoms with van der Waals surface area (Å²) < 4.78 is 9.37. The van der Waals surface area contributed by atoms with Crippen molar-refractivity contribution in [3.8, 4) is 0 Å². The number of cyclic esters (lactones) is 1. The Balaban J connectivity index is 2.23. The molecule has 0 aromatic heterocycles. The second-order valence-electron chi connectivity index (χ2n) is 3.53. The van der Waals surface area contributed by atoms with Crippen molar-refractivity contribution < 1.29 is 23.9 Å². The van der Waals surface area contributed by atoms with Crippen LogP contribution in [0.2, 0.25) is 0 Å². The van der Waals surface area contributed by atoms with Gasteiger partial charge in [0.05, 0.1) is 18.9 Å². The maximum Gasteiger partial charge on any atom is 0.416 e. The molecule has 0 aromatic carbocycles. The van der Waals surface area contributed by atoms with Crippen LogP contribution in [0.25, 0.3) is 0 Å². The Morgan fingerprint density at radius 3 is 2.89 bits per heavy atom.